The van der Waals surface area contributed by atoms with Crippen LogP contribution in [0.25, 0.3) is 0 Å². The van der Waals surface area contributed by atoms with Crippen LogP contribution >= 0.6 is 15.9 Å². The van der Waals surface area contributed by atoms with Crippen molar-refractivity contribution < 1.29 is 17.9 Å². The molecule has 1 rings (SSSR count). The summed E-state index contributed by atoms with van der Waals surface area (Å²) in [6.45, 7) is 2.71. The molecule has 1 unspecified atom stereocenters. The van der Waals surface area contributed by atoms with Crippen LogP contribution in [0.5, 0.6) is 5.75 Å². The molecule has 21 heavy (non-hydrogen) atoms. The number of benzene rings is 1. The molecule has 0 spiro atoms. The monoisotopic (exact) mass is 367 g/mol. The maximum absolute atomic E-state index is 12.4. The van der Waals surface area contributed by atoms with Crippen molar-refractivity contribution in [3.05, 3.63) is 28.2 Å². The van der Waals surface area contributed by atoms with Crippen LogP contribution in [0.2, 0.25) is 0 Å². The minimum Gasteiger partial charge on any atom is -0.497 e. The van der Waals surface area contributed by atoms with Gasteiger partial charge in [-0.05, 0) is 49.6 Å². The van der Waals surface area contributed by atoms with Crippen LogP contribution < -0.4 is 10.1 Å². The second kappa shape index (κ2) is 8.63. The highest BCUT2D eigenvalue weighted by molar-refractivity contribution is 9.10. The molecule has 0 aliphatic rings. The van der Waals surface area contributed by atoms with Crippen molar-refractivity contribution in [2.24, 2.45) is 0 Å². The number of hydrogen-bond donors (Lipinski definition) is 1. The molecular formula is C15H21BrF3NO. The summed E-state index contributed by atoms with van der Waals surface area (Å²) in [5.41, 5.74) is 0.949. The fourth-order valence-electron chi connectivity index (χ4n) is 2.06. The van der Waals surface area contributed by atoms with E-state index in [1.807, 2.05) is 25.1 Å². The lowest BCUT2D eigenvalue weighted by molar-refractivity contribution is -0.136. The average molecular weight is 368 g/mol. The Morgan fingerprint density at radius 2 is 2.05 bits per heavy atom. The fourth-order valence-corrected chi connectivity index (χ4v) is 2.47. The normalized spacial score (nSPS) is 13.2. The van der Waals surface area contributed by atoms with Gasteiger partial charge in [0.05, 0.1) is 7.11 Å². The van der Waals surface area contributed by atoms with Gasteiger partial charge in [0.2, 0.25) is 0 Å². The van der Waals surface area contributed by atoms with E-state index in [2.05, 4.69) is 21.2 Å². The lowest BCUT2D eigenvalue weighted by Gasteiger charge is -2.20. The molecule has 0 saturated carbocycles. The summed E-state index contributed by atoms with van der Waals surface area (Å²) >= 11 is 3.44. The third-order valence-corrected chi connectivity index (χ3v) is 3.95. The second-order valence-corrected chi connectivity index (χ2v) is 5.82. The first-order valence-electron chi connectivity index (χ1n) is 6.98. The Kier molecular flexibility index (Phi) is 7.52. The van der Waals surface area contributed by atoms with Gasteiger partial charge < -0.3 is 10.1 Å². The van der Waals surface area contributed by atoms with Crippen LogP contribution in [0.1, 0.15) is 31.7 Å². The van der Waals surface area contributed by atoms with Crippen LogP contribution in [0.15, 0.2) is 22.7 Å². The standard InChI is InChI=1S/C15H21BrF3NO/c1-3-8-20-12(6-7-15(17,18)19)9-11-10-13(21-2)4-5-14(11)16/h4-5,10,12,20H,3,6-9H2,1-2H3. The molecule has 1 atom stereocenters. The van der Waals surface area contributed by atoms with E-state index in [9.17, 15) is 13.2 Å². The van der Waals surface area contributed by atoms with E-state index in [1.54, 1.807) is 7.11 Å². The summed E-state index contributed by atoms with van der Waals surface area (Å²) in [6.07, 6.45) is -3.38. The number of alkyl halides is 3. The molecule has 0 aliphatic heterocycles. The van der Waals surface area contributed by atoms with Crippen molar-refractivity contribution >= 4 is 15.9 Å². The molecule has 1 aromatic rings. The predicted molar refractivity (Wildman–Crippen MR) is 81.8 cm³/mol. The lowest BCUT2D eigenvalue weighted by atomic mass is 10.0. The lowest BCUT2D eigenvalue weighted by Crippen LogP contribution is -2.33. The Labute approximate surface area is 132 Å². The summed E-state index contributed by atoms with van der Waals surface area (Å²) in [5.74, 6) is 0.707. The Morgan fingerprint density at radius 3 is 2.62 bits per heavy atom. The van der Waals surface area contributed by atoms with Gasteiger partial charge in [-0.3, -0.25) is 0 Å². The van der Waals surface area contributed by atoms with Gasteiger partial charge in [0.15, 0.2) is 0 Å². The van der Waals surface area contributed by atoms with Gasteiger partial charge in [-0.2, -0.15) is 13.2 Å². The molecular weight excluding hydrogens is 347 g/mol. The SMILES string of the molecule is CCCNC(CCC(F)(F)F)Cc1cc(OC)ccc1Br. The third-order valence-electron chi connectivity index (χ3n) is 3.18. The minimum absolute atomic E-state index is 0.0765. The Bertz CT molecular complexity index is 437. The molecule has 1 N–H and O–H groups in total. The van der Waals surface area contributed by atoms with E-state index in [4.69, 9.17) is 4.74 Å². The summed E-state index contributed by atoms with van der Waals surface area (Å²) in [6, 6.07) is 5.33. The largest absolute Gasteiger partial charge is 0.497 e. The highest BCUT2D eigenvalue weighted by Gasteiger charge is 2.28. The van der Waals surface area contributed by atoms with Crippen molar-refractivity contribution in [2.45, 2.75) is 44.8 Å². The van der Waals surface area contributed by atoms with E-state index in [0.29, 0.717) is 18.7 Å². The maximum atomic E-state index is 12.4. The average Bonchev–Trinajstić information content (AvgIpc) is 2.43. The predicted octanol–water partition coefficient (Wildman–Crippen LogP) is 4.71. The van der Waals surface area contributed by atoms with Crippen molar-refractivity contribution in [2.75, 3.05) is 13.7 Å². The van der Waals surface area contributed by atoms with Gasteiger partial charge in [-0.15, -0.1) is 0 Å². The van der Waals surface area contributed by atoms with Crippen molar-refractivity contribution in [3.8, 4) is 5.75 Å². The van der Waals surface area contributed by atoms with E-state index in [-0.39, 0.29) is 12.5 Å². The Hall–Kier alpha value is -0.750. The summed E-state index contributed by atoms with van der Waals surface area (Å²) in [4.78, 5) is 0. The van der Waals surface area contributed by atoms with Crippen LogP contribution in [0, 0.1) is 0 Å². The summed E-state index contributed by atoms with van der Waals surface area (Å²) in [7, 11) is 1.57. The number of ether oxygens (including phenoxy) is 1. The smallest absolute Gasteiger partial charge is 0.389 e. The van der Waals surface area contributed by atoms with Crippen LogP contribution in [-0.2, 0) is 6.42 Å². The third kappa shape index (κ3) is 7.18. The molecule has 0 radical (unpaired) electrons. The van der Waals surface area contributed by atoms with Crippen LogP contribution in [0.4, 0.5) is 13.2 Å². The zero-order valence-electron chi connectivity index (χ0n) is 12.3. The Balaban J connectivity index is 2.75. The molecule has 0 saturated heterocycles. The van der Waals surface area contributed by atoms with Crippen molar-refractivity contribution in [1.82, 2.24) is 5.32 Å². The minimum atomic E-state index is -4.11. The quantitative estimate of drug-likeness (QED) is 0.718. The number of nitrogens with one attached hydrogen (secondary N) is 1. The summed E-state index contributed by atoms with van der Waals surface area (Å²) < 4.78 is 43.3. The van der Waals surface area contributed by atoms with Crippen molar-refractivity contribution in [1.29, 1.82) is 0 Å². The van der Waals surface area contributed by atoms with Gasteiger partial charge in [-0.25, -0.2) is 0 Å². The highest BCUT2D eigenvalue weighted by Crippen LogP contribution is 2.27. The number of rotatable bonds is 8. The van der Waals surface area contributed by atoms with Gasteiger partial charge in [-0.1, -0.05) is 22.9 Å². The molecule has 6 heteroatoms. The molecule has 0 amide bonds. The first kappa shape index (κ1) is 18.3. The molecule has 0 aromatic heterocycles. The van der Waals surface area contributed by atoms with E-state index < -0.39 is 12.6 Å². The number of methoxy groups -OCH3 is 1. The van der Waals surface area contributed by atoms with Gasteiger partial charge in [0.25, 0.3) is 0 Å². The van der Waals surface area contributed by atoms with Gasteiger partial charge in [0, 0.05) is 16.9 Å². The molecule has 2 nitrogen and oxygen atoms in total. The van der Waals surface area contributed by atoms with Crippen LogP contribution in [0.3, 0.4) is 0 Å². The Morgan fingerprint density at radius 1 is 1.33 bits per heavy atom. The number of hydrogen-bond acceptors (Lipinski definition) is 2. The van der Waals surface area contributed by atoms with E-state index >= 15 is 0 Å². The van der Waals surface area contributed by atoms with Crippen LogP contribution in [-0.4, -0.2) is 25.9 Å². The molecule has 0 bridgehead atoms. The molecule has 0 heterocycles. The van der Waals surface area contributed by atoms with Gasteiger partial charge >= 0.3 is 6.18 Å². The highest BCUT2D eigenvalue weighted by atomic mass is 79.9. The molecule has 1 aromatic carbocycles. The first-order valence-corrected chi connectivity index (χ1v) is 7.77. The molecule has 0 fully saturated rings. The molecule has 0 aliphatic carbocycles. The van der Waals surface area contributed by atoms with E-state index in [1.165, 1.54) is 0 Å². The fraction of sp³-hybridized carbons (Fsp3) is 0.600. The second-order valence-electron chi connectivity index (χ2n) is 4.97. The summed E-state index contributed by atoms with van der Waals surface area (Å²) in [5, 5.41) is 3.19. The van der Waals surface area contributed by atoms with Crippen molar-refractivity contribution in [3.63, 3.8) is 0 Å². The molecule has 120 valence electrons. The zero-order chi connectivity index (χ0) is 15.9. The zero-order valence-corrected chi connectivity index (χ0v) is 13.9. The first-order chi connectivity index (χ1) is 9.85. The van der Waals surface area contributed by atoms with E-state index in [0.717, 1.165) is 16.5 Å². The topological polar surface area (TPSA) is 21.3 Å². The number of halogens is 4. The van der Waals surface area contributed by atoms with Gasteiger partial charge in [0.1, 0.15) is 5.75 Å². The maximum Gasteiger partial charge on any atom is 0.389 e.